The minimum Gasteiger partial charge on any atom is -0.273 e. The molecule has 0 atom stereocenters. The first-order chi connectivity index (χ1) is 11.1. The average Bonchev–Trinajstić information content (AvgIpc) is 3.35. The summed E-state index contributed by atoms with van der Waals surface area (Å²) in [5.74, 6) is -1.05. The predicted octanol–water partition coefficient (Wildman–Crippen LogP) is 1.64. The minimum absolute atomic E-state index is 0.0775. The summed E-state index contributed by atoms with van der Waals surface area (Å²) in [5.41, 5.74) is 5.34. The van der Waals surface area contributed by atoms with Gasteiger partial charge in [0.05, 0.1) is 11.8 Å². The van der Waals surface area contributed by atoms with Gasteiger partial charge in [-0.15, -0.1) is 0 Å². The number of pyridine rings is 1. The summed E-state index contributed by atoms with van der Waals surface area (Å²) >= 11 is 0. The van der Waals surface area contributed by atoms with Crippen molar-refractivity contribution in [2.75, 3.05) is 0 Å². The molecule has 2 amide bonds. The van der Waals surface area contributed by atoms with Crippen molar-refractivity contribution in [1.82, 2.24) is 15.8 Å². The molecule has 0 bridgehead atoms. The van der Waals surface area contributed by atoms with Gasteiger partial charge in [0.25, 0.3) is 0 Å². The number of hydrogen-bond donors (Lipinski definition) is 2. The molecule has 1 aliphatic rings. The summed E-state index contributed by atoms with van der Waals surface area (Å²) < 4.78 is 13.3. The van der Waals surface area contributed by atoms with Crippen molar-refractivity contribution in [1.29, 1.82) is 0 Å². The summed E-state index contributed by atoms with van der Waals surface area (Å²) in [6, 6.07) is 11.3. The van der Waals surface area contributed by atoms with E-state index in [2.05, 4.69) is 15.8 Å². The third kappa shape index (κ3) is 3.36. The van der Waals surface area contributed by atoms with E-state index in [0.717, 1.165) is 0 Å². The Hall–Kier alpha value is -2.76. The van der Waals surface area contributed by atoms with E-state index < -0.39 is 5.41 Å². The molecule has 2 aromatic rings. The zero-order valence-corrected chi connectivity index (χ0v) is 12.4. The van der Waals surface area contributed by atoms with Crippen molar-refractivity contribution in [2.24, 2.45) is 0 Å². The zero-order valence-electron chi connectivity index (χ0n) is 12.4. The van der Waals surface area contributed by atoms with Crippen LogP contribution in [0.5, 0.6) is 0 Å². The number of nitrogens with one attached hydrogen (secondary N) is 2. The van der Waals surface area contributed by atoms with Crippen LogP contribution >= 0.6 is 0 Å². The van der Waals surface area contributed by atoms with Crippen molar-refractivity contribution >= 4 is 11.8 Å². The average molecular weight is 313 g/mol. The Morgan fingerprint density at radius 2 is 1.96 bits per heavy atom. The summed E-state index contributed by atoms with van der Waals surface area (Å²) in [5, 5.41) is 0. The van der Waals surface area contributed by atoms with Gasteiger partial charge < -0.3 is 0 Å². The fourth-order valence-corrected chi connectivity index (χ4v) is 2.52. The third-order valence-electron chi connectivity index (χ3n) is 3.95. The lowest BCUT2D eigenvalue weighted by molar-refractivity contribution is -0.130. The molecule has 1 aromatic carbocycles. The van der Waals surface area contributed by atoms with Gasteiger partial charge in [-0.3, -0.25) is 25.4 Å². The lowest BCUT2D eigenvalue weighted by Gasteiger charge is -2.16. The molecule has 118 valence electrons. The first-order valence-corrected chi connectivity index (χ1v) is 7.35. The Bertz CT molecular complexity index is 730. The normalized spacial score (nSPS) is 14.8. The maximum Gasteiger partial charge on any atom is 0.249 e. The van der Waals surface area contributed by atoms with Gasteiger partial charge in [-0.1, -0.05) is 18.2 Å². The van der Waals surface area contributed by atoms with Crippen LogP contribution in [0.25, 0.3) is 0 Å². The SMILES string of the molecule is O=C(Cc1ccccn1)NNC(=O)C1(c2cccc(F)c2)CC1. The maximum atomic E-state index is 13.3. The van der Waals surface area contributed by atoms with Gasteiger partial charge in [0.1, 0.15) is 5.82 Å². The smallest absolute Gasteiger partial charge is 0.249 e. The van der Waals surface area contributed by atoms with Crippen molar-refractivity contribution in [3.63, 3.8) is 0 Å². The monoisotopic (exact) mass is 313 g/mol. The first-order valence-electron chi connectivity index (χ1n) is 7.35. The second-order valence-electron chi connectivity index (χ2n) is 5.59. The van der Waals surface area contributed by atoms with Crippen LogP contribution in [-0.2, 0) is 21.4 Å². The van der Waals surface area contributed by atoms with Gasteiger partial charge in [-0.25, -0.2) is 4.39 Å². The number of halogens is 1. The van der Waals surface area contributed by atoms with Crippen LogP contribution in [0.15, 0.2) is 48.7 Å². The Morgan fingerprint density at radius 3 is 2.61 bits per heavy atom. The van der Waals surface area contributed by atoms with Crippen molar-refractivity contribution in [2.45, 2.75) is 24.7 Å². The summed E-state index contributed by atoms with van der Waals surface area (Å²) in [6.07, 6.45) is 2.95. The van der Waals surface area contributed by atoms with Crippen LogP contribution in [0.1, 0.15) is 24.1 Å². The van der Waals surface area contributed by atoms with E-state index in [1.807, 2.05) is 0 Å². The van der Waals surface area contributed by atoms with E-state index in [9.17, 15) is 14.0 Å². The van der Waals surface area contributed by atoms with Crippen LogP contribution in [0.3, 0.4) is 0 Å². The second kappa shape index (κ2) is 6.16. The number of hydrogen-bond acceptors (Lipinski definition) is 3. The fraction of sp³-hybridized carbons (Fsp3) is 0.235. The number of nitrogens with zero attached hydrogens (tertiary/aromatic N) is 1. The van der Waals surface area contributed by atoms with Crippen LogP contribution in [-0.4, -0.2) is 16.8 Å². The highest BCUT2D eigenvalue weighted by Gasteiger charge is 2.51. The molecular formula is C17H16FN3O2. The molecule has 0 aliphatic heterocycles. The van der Waals surface area contributed by atoms with Crippen molar-refractivity contribution in [3.8, 4) is 0 Å². The van der Waals surface area contributed by atoms with Crippen LogP contribution in [0.4, 0.5) is 4.39 Å². The Morgan fingerprint density at radius 1 is 1.13 bits per heavy atom. The van der Waals surface area contributed by atoms with Gasteiger partial charge in [-0.2, -0.15) is 0 Å². The number of aromatic nitrogens is 1. The maximum absolute atomic E-state index is 13.3. The highest BCUT2D eigenvalue weighted by atomic mass is 19.1. The molecular weight excluding hydrogens is 297 g/mol. The molecule has 1 saturated carbocycles. The largest absolute Gasteiger partial charge is 0.273 e. The molecule has 1 heterocycles. The highest BCUT2D eigenvalue weighted by Crippen LogP contribution is 2.48. The molecule has 2 N–H and O–H groups in total. The van der Waals surface area contributed by atoms with Gasteiger partial charge >= 0.3 is 0 Å². The molecule has 23 heavy (non-hydrogen) atoms. The number of rotatable bonds is 4. The van der Waals surface area contributed by atoms with Gasteiger partial charge in [0.15, 0.2) is 0 Å². The summed E-state index contributed by atoms with van der Waals surface area (Å²) in [6.45, 7) is 0. The van der Waals surface area contributed by atoms with E-state index in [4.69, 9.17) is 0 Å². The molecule has 0 unspecified atom stereocenters. The Kier molecular flexibility index (Phi) is 4.06. The van der Waals surface area contributed by atoms with Crippen molar-refractivity contribution in [3.05, 3.63) is 65.7 Å². The van der Waals surface area contributed by atoms with E-state index >= 15 is 0 Å². The minimum atomic E-state index is -0.736. The molecule has 0 saturated heterocycles. The van der Waals surface area contributed by atoms with E-state index in [1.165, 1.54) is 12.1 Å². The molecule has 0 radical (unpaired) electrons. The standard InChI is InChI=1S/C17H16FN3O2/c18-13-5-3-4-12(10-13)17(7-8-17)16(23)21-20-15(22)11-14-6-1-2-9-19-14/h1-6,9-10H,7-8,11H2,(H,20,22)(H,21,23). The number of benzene rings is 1. The molecule has 6 heteroatoms. The van der Waals surface area contributed by atoms with Crippen molar-refractivity contribution < 1.29 is 14.0 Å². The fourth-order valence-electron chi connectivity index (χ4n) is 2.52. The zero-order chi connectivity index (χ0) is 16.3. The van der Waals surface area contributed by atoms with E-state index in [-0.39, 0.29) is 24.1 Å². The highest BCUT2D eigenvalue weighted by molar-refractivity contribution is 5.92. The number of carbonyl (C=O) groups is 2. The molecule has 1 aliphatic carbocycles. The number of carbonyl (C=O) groups excluding carboxylic acids is 2. The van der Waals surface area contributed by atoms with Crippen LogP contribution in [0, 0.1) is 5.82 Å². The third-order valence-corrected chi connectivity index (χ3v) is 3.95. The van der Waals surface area contributed by atoms with Gasteiger partial charge in [0, 0.05) is 11.9 Å². The summed E-state index contributed by atoms with van der Waals surface area (Å²) in [7, 11) is 0. The first kappa shape index (κ1) is 15.1. The second-order valence-corrected chi connectivity index (χ2v) is 5.59. The molecule has 1 aromatic heterocycles. The molecule has 3 rings (SSSR count). The topological polar surface area (TPSA) is 71.1 Å². The van der Waals surface area contributed by atoms with Gasteiger partial charge in [-0.05, 0) is 42.7 Å². The molecule has 1 fully saturated rings. The summed E-state index contributed by atoms with van der Waals surface area (Å²) in [4.78, 5) is 28.2. The van der Waals surface area contributed by atoms with Gasteiger partial charge in [0.2, 0.25) is 11.8 Å². The van der Waals surface area contributed by atoms with Crippen LogP contribution in [0.2, 0.25) is 0 Å². The molecule has 0 spiro atoms. The predicted molar refractivity (Wildman–Crippen MR) is 81.5 cm³/mol. The Labute approximate surface area is 132 Å². The number of hydrazine groups is 1. The van der Waals surface area contributed by atoms with E-state index in [0.29, 0.717) is 24.1 Å². The quantitative estimate of drug-likeness (QED) is 0.843. The lowest BCUT2D eigenvalue weighted by atomic mass is 9.95. The van der Waals surface area contributed by atoms with E-state index in [1.54, 1.807) is 36.5 Å². The van der Waals surface area contributed by atoms with Crippen LogP contribution < -0.4 is 10.9 Å². The lowest BCUT2D eigenvalue weighted by Crippen LogP contribution is -2.47. The number of amides is 2. The Balaban J connectivity index is 1.58. The molecule has 5 nitrogen and oxygen atoms in total.